The maximum atomic E-state index is 2.31. The van der Waals surface area contributed by atoms with Gasteiger partial charge >= 0.3 is 0 Å². The molecule has 2 heterocycles. The van der Waals surface area contributed by atoms with E-state index in [1.807, 2.05) is 0 Å². The molecule has 0 aliphatic carbocycles. The van der Waals surface area contributed by atoms with E-state index >= 15 is 0 Å². The summed E-state index contributed by atoms with van der Waals surface area (Å²) in [5.41, 5.74) is 11.0. The molecule has 0 unspecified atom stereocenters. The Labute approximate surface area is 196 Å². The van der Waals surface area contributed by atoms with Crippen LogP contribution in [0.3, 0.4) is 0 Å². The first kappa shape index (κ1) is 20.8. The highest BCUT2D eigenvalue weighted by Crippen LogP contribution is 2.30. The Hall–Kier alpha value is -4.04. The molecule has 0 atom stereocenters. The number of rotatable bonds is 4. The minimum absolute atomic E-state index is 1.18. The van der Waals surface area contributed by atoms with Crippen LogP contribution in [0.15, 0.2) is 115 Å². The molecule has 2 aromatic heterocycles. The second-order valence-corrected chi connectivity index (χ2v) is 8.53. The van der Waals surface area contributed by atoms with Crippen molar-refractivity contribution in [3.63, 3.8) is 0 Å². The fourth-order valence-electron chi connectivity index (χ4n) is 4.47. The number of pyridine rings is 2. The molecule has 0 bridgehead atoms. The standard InChI is InChI=1S/C31H28N2/c1-23-11-7-8-14-28(23)30-21-27(22-31(33(30)3)29-15-9-10-20-32(29)2)26-18-16-25(17-19-26)24-12-5-4-6-13-24/h4-22H,1-3H3/q+2. The van der Waals surface area contributed by atoms with Gasteiger partial charge in [0.2, 0.25) is 5.69 Å². The maximum Gasteiger partial charge on any atom is 0.278 e. The number of aryl methyl sites for hydroxylation is 2. The summed E-state index contributed by atoms with van der Waals surface area (Å²) in [6.07, 6.45) is 2.10. The third-order valence-corrected chi connectivity index (χ3v) is 6.37. The Kier molecular flexibility index (Phi) is 5.58. The molecule has 0 aliphatic rings. The van der Waals surface area contributed by atoms with Gasteiger partial charge < -0.3 is 0 Å². The minimum atomic E-state index is 1.18. The van der Waals surface area contributed by atoms with Crippen LogP contribution in [0, 0.1) is 6.92 Å². The van der Waals surface area contributed by atoms with Crippen LogP contribution < -0.4 is 9.13 Å². The van der Waals surface area contributed by atoms with E-state index in [0.717, 1.165) is 0 Å². The van der Waals surface area contributed by atoms with Gasteiger partial charge in [-0.05, 0) is 46.9 Å². The van der Waals surface area contributed by atoms with Gasteiger partial charge in [0.25, 0.3) is 11.4 Å². The quantitative estimate of drug-likeness (QED) is 0.296. The van der Waals surface area contributed by atoms with Crippen LogP contribution in [0.2, 0.25) is 0 Å². The third kappa shape index (κ3) is 4.08. The molecule has 0 spiro atoms. The van der Waals surface area contributed by atoms with Crippen LogP contribution in [0.1, 0.15) is 5.56 Å². The van der Waals surface area contributed by atoms with Gasteiger partial charge in [0, 0.05) is 29.8 Å². The lowest BCUT2D eigenvalue weighted by Gasteiger charge is -2.11. The molecule has 5 rings (SSSR count). The molecule has 0 N–H and O–H groups in total. The lowest BCUT2D eigenvalue weighted by molar-refractivity contribution is -0.685. The topological polar surface area (TPSA) is 7.76 Å². The zero-order chi connectivity index (χ0) is 22.8. The van der Waals surface area contributed by atoms with Crippen LogP contribution in [-0.4, -0.2) is 0 Å². The fourth-order valence-corrected chi connectivity index (χ4v) is 4.47. The number of hydrogen-bond acceptors (Lipinski definition) is 0. The maximum absolute atomic E-state index is 2.31. The summed E-state index contributed by atoms with van der Waals surface area (Å²) >= 11 is 0. The molecule has 5 aromatic rings. The first-order valence-electron chi connectivity index (χ1n) is 11.3. The van der Waals surface area contributed by atoms with Crippen molar-refractivity contribution in [3.05, 3.63) is 121 Å². The molecular formula is C31H28N2+2. The Bertz CT molecular complexity index is 1350. The van der Waals surface area contributed by atoms with Gasteiger partial charge in [-0.3, -0.25) is 0 Å². The lowest BCUT2D eigenvalue weighted by Crippen LogP contribution is -2.40. The van der Waals surface area contributed by atoms with E-state index in [-0.39, 0.29) is 0 Å². The van der Waals surface area contributed by atoms with Gasteiger partial charge in [-0.2, -0.15) is 9.13 Å². The van der Waals surface area contributed by atoms with Crippen LogP contribution in [0.25, 0.3) is 44.9 Å². The zero-order valence-electron chi connectivity index (χ0n) is 19.4. The van der Waals surface area contributed by atoms with Gasteiger partial charge in [-0.1, -0.05) is 72.8 Å². The lowest BCUT2D eigenvalue weighted by atomic mass is 9.97. The van der Waals surface area contributed by atoms with E-state index in [2.05, 4.69) is 146 Å². The monoisotopic (exact) mass is 428 g/mol. The summed E-state index contributed by atoms with van der Waals surface area (Å²) in [4.78, 5) is 0. The molecular weight excluding hydrogens is 400 g/mol. The minimum Gasteiger partial charge on any atom is -0.196 e. The highest BCUT2D eigenvalue weighted by molar-refractivity contribution is 5.75. The van der Waals surface area contributed by atoms with Gasteiger partial charge in [0.05, 0.1) is 0 Å². The first-order valence-corrected chi connectivity index (χ1v) is 11.3. The predicted molar refractivity (Wildman–Crippen MR) is 135 cm³/mol. The Morgan fingerprint density at radius 3 is 1.76 bits per heavy atom. The van der Waals surface area contributed by atoms with Crippen LogP contribution >= 0.6 is 0 Å². The average Bonchev–Trinajstić information content (AvgIpc) is 2.86. The van der Waals surface area contributed by atoms with Crippen molar-refractivity contribution in [2.24, 2.45) is 14.1 Å². The van der Waals surface area contributed by atoms with Crippen LogP contribution in [0.4, 0.5) is 0 Å². The predicted octanol–water partition coefficient (Wildman–Crippen LogP) is 6.31. The van der Waals surface area contributed by atoms with E-state index in [9.17, 15) is 0 Å². The Morgan fingerprint density at radius 1 is 0.485 bits per heavy atom. The van der Waals surface area contributed by atoms with Crippen molar-refractivity contribution in [1.29, 1.82) is 0 Å². The van der Waals surface area contributed by atoms with Gasteiger partial charge in [-0.25, -0.2) is 0 Å². The molecule has 0 saturated heterocycles. The highest BCUT2D eigenvalue weighted by Gasteiger charge is 2.25. The van der Waals surface area contributed by atoms with Gasteiger partial charge in [0.1, 0.15) is 14.1 Å². The molecule has 0 saturated carbocycles. The molecule has 0 radical (unpaired) electrons. The molecule has 2 heteroatoms. The van der Waals surface area contributed by atoms with Crippen molar-refractivity contribution in [1.82, 2.24) is 0 Å². The molecule has 0 fully saturated rings. The van der Waals surface area contributed by atoms with Crippen molar-refractivity contribution in [2.45, 2.75) is 6.92 Å². The van der Waals surface area contributed by atoms with Crippen LogP contribution in [0.5, 0.6) is 0 Å². The summed E-state index contributed by atoms with van der Waals surface area (Å²) in [5, 5.41) is 0. The first-order chi connectivity index (χ1) is 16.1. The molecule has 0 aliphatic heterocycles. The summed E-state index contributed by atoms with van der Waals surface area (Å²) in [6, 6.07) is 39.0. The average molecular weight is 429 g/mol. The zero-order valence-corrected chi connectivity index (χ0v) is 19.4. The van der Waals surface area contributed by atoms with E-state index in [4.69, 9.17) is 0 Å². The normalized spacial score (nSPS) is 10.9. The van der Waals surface area contributed by atoms with Crippen molar-refractivity contribution < 1.29 is 9.13 Å². The summed E-state index contributed by atoms with van der Waals surface area (Å²) < 4.78 is 4.48. The van der Waals surface area contributed by atoms with E-state index in [0.29, 0.717) is 0 Å². The largest absolute Gasteiger partial charge is 0.278 e. The second-order valence-electron chi connectivity index (χ2n) is 8.53. The van der Waals surface area contributed by atoms with E-state index in [1.165, 1.54) is 50.5 Å². The number of benzene rings is 3. The molecule has 2 nitrogen and oxygen atoms in total. The summed E-state index contributed by atoms with van der Waals surface area (Å²) in [6.45, 7) is 2.18. The fraction of sp³-hybridized carbons (Fsp3) is 0.0968. The number of hydrogen-bond donors (Lipinski definition) is 0. The Morgan fingerprint density at radius 2 is 1.06 bits per heavy atom. The summed E-state index contributed by atoms with van der Waals surface area (Å²) in [5.74, 6) is 0. The van der Waals surface area contributed by atoms with Gasteiger partial charge in [0.15, 0.2) is 6.20 Å². The number of aromatic nitrogens is 2. The molecule has 3 aromatic carbocycles. The van der Waals surface area contributed by atoms with E-state index < -0.39 is 0 Å². The SMILES string of the molecule is Cc1ccccc1-c1cc(-c2ccc(-c3ccccc3)cc2)cc(-c2cccc[n+]2C)[n+]1C. The van der Waals surface area contributed by atoms with Crippen LogP contribution in [-0.2, 0) is 14.1 Å². The van der Waals surface area contributed by atoms with Crippen molar-refractivity contribution in [2.75, 3.05) is 0 Å². The Balaban J connectivity index is 1.69. The molecule has 160 valence electrons. The molecule has 33 heavy (non-hydrogen) atoms. The van der Waals surface area contributed by atoms with Crippen molar-refractivity contribution in [3.8, 4) is 44.9 Å². The smallest absolute Gasteiger partial charge is 0.196 e. The third-order valence-electron chi connectivity index (χ3n) is 6.37. The second kappa shape index (κ2) is 8.84. The number of nitrogens with zero attached hydrogens (tertiary/aromatic N) is 2. The van der Waals surface area contributed by atoms with E-state index in [1.54, 1.807) is 0 Å². The highest BCUT2D eigenvalue weighted by atomic mass is 15.0. The van der Waals surface area contributed by atoms with Crippen molar-refractivity contribution >= 4 is 0 Å². The molecule has 0 amide bonds. The summed E-state index contributed by atoms with van der Waals surface area (Å²) in [7, 11) is 4.26. The van der Waals surface area contributed by atoms with Gasteiger partial charge in [-0.15, -0.1) is 0 Å².